The predicted octanol–water partition coefficient (Wildman–Crippen LogP) is 15.0. The van der Waals surface area contributed by atoms with E-state index in [-0.39, 0.29) is 101 Å². The van der Waals surface area contributed by atoms with E-state index in [2.05, 4.69) is 106 Å². The number of phenols is 3. The molecule has 3 spiro atoms. The number of phenolic OH excluding ortho intramolecular Hbond substituents is 3. The van der Waals surface area contributed by atoms with Crippen molar-refractivity contribution in [2.45, 2.75) is 179 Å². The maximum atomic E-state index is 15.9. The molecule has 3 saturated carbocycles. The monoisotopic (exact) mass is 1310 g/mol. The highest BCUT2D eigenvalue weighted by Gasteiger charge is 2.57. The minimum absolute atomic E-state index is 0.0000182. The number of ether oxygens (including phenoxy) is 3. The number of Topliss-reactive ketones (excluding diaryl/α,β-unsaturated/α-hetero) is 2. The van der Waals surface area contributed by atoms with Crippen LogP contribution in [0.5, 0.6) is 34.5 Å². The Morgan fingerprint density at radius 2 is 1.76 bits per heavy atom. The van der Waals surface area contributed by atoms with Gasteiger partial charge in [0.05, 0.1) is 30.9 Å². The number of anilines is 1. The molecular weight excluding hydrogens is 1220 g/mol. The van der Waals surface area contributed by atoms with Gasteiger partial charge in [0, 0.05) is 116 Å². The Labute approximate surface area is 568 Å². The molecular formula is C82H92N4O11. The number of carbonyl (C=O) groups is 3. The maximum Gasteiger partial charge on any atom is 0.302 e. The quantitative estimate of drug-likeness (QED) is 0.0558. The van der Waals surface area contributed by atoms with E-state index in [9.17, 15) is 35.1 Å². The average molecular weight is 1310 g/mol. The topological polar surface area (TPSA) is 216 Å². The van der Waals surface area contributed by atoms with E-state index < -0.39 is 35.0 Å². The van der Waals surface area contributed by atoms with Gasteiger partial charge in [0.25, 0.3) is 0 Å². The number of rotatable bonds is 8. The molecule has 97 heavy (non-hydrogen) atoms. The van der Waals surface area contributed by atoms with Crippen LogP contribution < -0.4 is 19.7 Å². The lowest BCUT2D eigenvalue weighted by Crippen LogP contribution is -2.37. The van der Waals surface area contributed by atoms with E-state index in [0.29, 0.717) is 75.3 Å². The van der Waals surface area contributed by atoms with Crippen LogP contribution in [0.2, 0.25) is 0 Å². The number of nitrogens with one attached hydrogen (secondary N) is 2. The highest BCUT2D eigenvalue weighted by atomic mass is 16.5. The third kappa shape index (κ3) is 12.2. The van der Waals surface area contributed by atoms with Gasteiger partial charge in [0.15, 0.2) is 11.5 Å². The van der Waals surface area contributed by atoms with Crippen molar-refractivity contribution in [3.63, 3.8) is 0 Å². The number of fused-ring (bicyclic) bond motifs is 6. The number of ketones is 2. The molecule has 2 aromatic heterocycles. The number of hydrogen-bond donors (Lipinski definition) is 7. The van der Waals surface area contributed by atoms with Crippen LogP contribution in [0.3, 0.4) is 0 Å². The lowest BCUT2D eigenvalue weighted by molar-refractivity contribution is -0.148. The smallest absolute Gasteiger partial charge is 0.302 e. The van der Waals surface area contributed by atoms with Gasteiger partial charge in [-0.1, -0.05) is 79.7 Å². The molecule has 11 atom stereocenters. The summed E-state index contributed by atoms with van der Waals surface area (Å²) in [5.74, 6) is 8.06. The minimum Gasteiger partial charge on any atom is -0.508 e. The Bertz CT molecular complexity index is 4280. The van der Waals surface area contributed by atoms with E-state index in [0.717, 1.165) is 132 Å². The van der Waals surface area contributed by atoms with Crippen LogP contribution in [0.15, 0.2) is 133 Å². The van der Waals surface area contributed by atoms with Crippen LogP contribution in [-0.2, 0) is 38.4 Å². The third-order valence-electron chi connectivity index (χ3n) is 24.5. The largest absolute Gasteiger partial charge is 0.508 e. The lowest BCUT2D eigenvalue weighted by atomic mass is 9.61. The van der Waals surface area contributed by atoms with Crippen LogP contribution in [-0.4, -0.2) is 85.5 Å². The lowest BCUT2D eigenvalue weighted by Gasteiger charge is -2.43. The van der Waals surface area contributed by atoms with Crippen molar-refractivity contribution < 1.29 is 54.1 Å². The number of aromatic amines is 1. The van der Waals surface area contributed by atoms with Gasteiger partial charge in [0.2, 0.25) is 5.75 Å². The molecule has 4 aromatic carbocycles. The van der Waals surface area contributed by atoms with Crippen LogP contribution >= 0.6 is 0 Å². The SMILES string of the molecule is COc1cc2cc(O)c1Oc1cc(O)cc(c1)CCC(CO)CC1CCC3(CCC4(Cc5c6c(ccc7c6cn5C2CC(=O)CC(OC(C)=O)CCC25Cc6c[nH]cc6C(C#CCC2=CC=CC5C)C(c2cccc(O)c2)C2=CCNC(=C2)N7CCC(=O)C2CCCC2)C4O)C3)C1. The second-order valence-electron chi connectivity index (χ2n) is 30.4. The van der Waals surface area contributed by atoms with Gasteiger partial charge in [-0.15, -0.1) is 0 Å². The van der Waals surface area contributed by atoms with Crippen molar-refractivity contribution >= 4 is 34.0 Å². The van der Waals surface area contributed by atoms with Gasteiger partial charge in [0.1, 0.15) is 40.7 Å². The normalized spacial score (nSPS) is 29.4. The number of hydrogen-bond acceptors (Lipinski definition) is 13. The van der Waals surface area contributed by atoms with Crippen molar-refractivity contribution in [1.29, 1.82) is 0 Å². The van der Waals surface area contributed by atoms with E-state index in [1.807, 2.05) is 24.3 Å². The first kappa shape index (κ1) is 64.5. The average Bonchev–Trinajstić information content (AvgIpc) is 1.56. The Hall–Kier alpha value is -8.45. The summed E-state index contributed by atoms with van der Waals surface area (Å²) in [6.07, 6.45) is 30.0. The minimum atomic E-state index is -0.838. The number of aromatic nitrogens is 2. The van der Waals surface area contributed by atoms with Crippen LogP contribution in [0, 0.1) is 51.8 Å². The van der Waals surface area contributed by atoms with Crippen molar-refractivity contribution in [3.05, 3.63) is 172 Å². The molecule has 7 N–H and O–H groups in total. The molecule has 14 bridgehead atoms. The van der Waals surface area contributed by atoms with E-state index >= 15 is 4.79 Å². The number of aliphatic hydroxyl groups excluding tert-OH is 2. The zero-order valence-corrected chi connectivity index (χ0v) is 56.2. The number of aliphatic hydroxyl groups is 2. The summed E-state index contributed by atoms with van der Waals surface area (Å²) in [5, 5.41) is 65.2. The number of benzene rings is 4. The van der Waals surface area contributed by atoms with Crippen molar-refractivity contribution in [2.24, 2.45) is 39.9 Å². The highest BCUT2D eigenvalue weighted by molar-refractivity contribution is 6.01. The number of allylic oxidation sites excluding steroid dienone is 6. The first-order valence-corrected chi connectivity index (χ1v) is 35.8. The number of aromatic hydroxyl groups is 3. The number of carbonyl (C=O) groups excluding carboxylic acids is 3. The second kappa shape index (κ2) is 26.1. The van der Waals surface area contributed by atoms with Gasteiger partial charge in [-0.25, -0.2) is 0 Å². The fraction of sp³-hybridized carbons (Fsp3) is 0.476. The molecule has 6 aromatic rings. The molecule has 6 heterocycles. The number of methoxy groups -OCH3 is 1. The standard InChI is InChI=1S/C82H92N4O11/c1-49-9-6-13-59-14-8-16-65-67-45-83-44-58(67)42-82(49,59)26-22-63(96-50(2)88)38-62(91)40-70-57-35-73(93)78(74(36-57)95-3)97-64-33-51(32-61(90)39-64)17-18-53(47-87)31-52-21-25-80(41-52)27-28-81(48-80)43-71-77-66(79(81)94)19-20-69(68(77)46-86(70)71)85(30-24-72(92)54-10-4-5-11-54)75-37-56(23-29-84-75)76(65)55-12-7-15-60(89)34-55/h6-7,9,12-13,15,19-20,23,32-37,39,44-46,49,52-54,63,65,70,76,79,83-84,87,89-90,93-94H,4-5,10-11,14,17-18,21-22,24-31,38,40-43,47-48H2,1-3H3. The summed E-state index contributed by atoms with van der Waals surface area (Å²) in [7, 11) is 1.51. The van der Waals surface area contributed by atoms with Crippen LogP contribution in [0.25, 0.3) is 10.8 Å². The Morgan fingerprint density at radius 1 is 0.897 bits per heavy atom. The fourth-order valence-electron chi connectivity index (χ4n) is 19.8. The van der Waals surface area contributed by atoms with E-state index in [1.54, 1.807) is 18.2 Å². The molecule has 4 aliphatic heterocycles. The molecule has 11 unspecified atom stereocenters. The van der Waals surface area contributed by atoms with Crippen molar-refractivity contribution in [1.82, 2.24) is 14.9 Å². The molecule has 15 nitrogen and oxygen atoms in total. The summed E-state index contributed by atoms with van der Waals surface area (Å²) >= 11 is 0. The predicted molar refractivity (Wildman–Crippen MR) is 373 cm³/mol. The van der Waals surface area contributed by atoms with Gasteiger partial charge in [-0.3, -0.25) is 14.4 Å². The van der Waals surface area contributed by atoms with E-state index in [4.69, 9.17) is 14.2 Å². The van der Waals surface area contributed by atoms with Gasteiger partial charge in [-0.05, 0) is 207 Å². The molecule has 6 aliphatic carbocycles. The highest BCUT2D eigenvalue weighted by Crippen LogP contribution is 2.66. The Balaban J connectivity index is 0.963. The van der Waals surface area contributed by atoms with Gasteiger partial charge in [-0.2, -0.15) is 0 Å². The number of H-pyrrole nitrogens is 1. The summed E-state index contributed by atoms with van der Waals surface area (Å²) in [4.78, 5) is 49.8. The Kier molecular flexibility index (Phi) is 17.4. The number of nitrogens with zero attached hydrogens (tertiary/aromatic N) is 2. The first-order chi connectivity index (χ1) is 47.0. The zero-order valence-electron chi connectivity index (χ0n) is 56.2. The molecule has 506 valence electrons. The van der Waals surface area contributed by atoms with Gasteiger partial charge < -0.3 is 59.5 Å². The second-order valence-corrected chi connectivity index (χ2v) is 30.4. The molecule has 0 radical (unpaired) electrons. The first-order valence-electron chi connectivity index (χ1n) is 35.8. The number of aryl methyl sites for hydroxylation is 1. The Morgan fingerprint density at radius 3 is 2.59 bits per heavy atom. The zero-order chi connectivity index (χ0) is 66.9. The molecule has 16 rings (SSSR count). The summed E-state index contributed by atoms with van der Waals surface area (Å²) in [5.41, 5.74) is 8.10. The summed E-state index contributed by atoms with van der Waals surface area (Å²) in [6.45, 7) is 4.49. The fourth-order valence-corrected chi connectivity index (χ4v) is 19.8. The molecule has 0 saturated heterocycles. The van der Waals surface area contributed by atoms with Crippen molar-refractivity contribution in [2.75, 3.05) is 31.7 Å². The molecule has 3 fully saturated rings. The summed E-state index contributed by atoms with van der Waals surface area (Å²) in [6, 6.07) is 19.5. The molecule has 0 amide bonds. The summed E-state index contributed by atoms with van der Waals surface area (Å²) < 4.78 is 21.3. The van der Waals surface area contributed by atoms with E-state index in [1.165, 1.54) is 25.7 Å². The number of dihydropyridines is 1. The molecule has 10 aliphatic rings. The van der Waals surface area contributed by atoms with Crippen molar-refractivity contribution in [3.8, 4) is 46.3 Å². The van der Waals surface area contributed by atoms with Crippen LogP contribution in [0.1, 0.15) is 192 Å². The maximum absolute atomic E-state index is 15.9. The van der Waals surface area contributed by atoms with Crippen LogP contribution in [0.4, 0.5) is 5.69 Å². The third-order valence-corrected chi connectivity index (χ3v) is 24.5. The van der Waals surface area contributed by atoms with Gasteiger partial charge >= 0.3 is 5.97 Å². The number of esters is 1. The molecule has 15 heteroatoms.